The fourth-order valence-corrected chi connectivity index (χ4v) is 3.22. The van der Waals surface area contributed by atoms with Crippen molar-refractivity contribution >= 4 is 35.0 Å². The molecule has 0 aliphatic rings. The van der Waals surface area contributed by atoms with Crippen molar-refractivity contribution in [3.63, 3.8) is 0 Å². The molecule has 0 bridgehead atoms. The molecule has 26 heavy (non-hydrogen) atoms. The van der Waals surface area contributed by atoms with Crippen molar-refractivity contribution < 1.29 is 9.53 Å². The minimum atomic E-state index is -0.0186. The lowest BCUT2D eigenvalue weighted by atomic mass is 9.87. The summed E-state index contributed by atoms with van der Waals surface area (Å²) in [6.07, 6.45) is 0. The van der Waals surface area contributed by atoms with Gasteiger partial charge in [-0.25, -0.2) is 0 Å². The van der Waals surface area contributed by atoms with Crippen molar-refractivity contribution in [1.82, 2.24) is 0 Å². The number of hydrogen-bond donors (Lipinski definition) is 1. The SMILES string of the molecule is Cc1cc(Cl)ccc1NC(=O)CSCCOc1ccc(C(C)(C)C)cc1. The number of carbonyl (C=O) groups is 1. The molecule has 1 N–H and O–H groups in total. The second-order valence-corrected chi connectivity index (χ2v) is 8.72. The Morgan fingerprint density at radius 2 is 1.85 bits per heavy atom. The van der Waals surface area contributed by atoms with Crippen LogP contribution in [0.15, 0.2) is 42.5 Å². The van der Waals surface area contributed by atoms with E-state index in [-0.39, 0.29) is 11.3 Å². The van der Waals surface area contributed by atoms with E-state index in [1.165, 1.54) is 5.56 Å². The summed E-state index contributed by atoms with van der Waals surface area (Å²) in [5.74, 6) is 2.00. The third-order valence-corrected chi connectivity index (χ3v) is 5.07. The van der Waals surface area contributed by atoms with Gasteiger partial charge in [-0.3, -0.25) is 4.79 Å². The van der Waals surface area contributed by atoms with Gasteiger partial charge in [0.2, 0.25) is 5.91 Å². The van der Waals surface area contributed by atoms with Crippen molar-refractivity contribution in [2.75, 3.05) is 23.4 Å². The molecular weight excluding hydrogens is 366 g/mol. The van der Waals surface area contributed by atoms with E-state index >= 15 is 0 Å². The number of aryl methyl sites for hydroxylation is 1. The number of amides is 1. The first-order chi connectivity index (χ1) is 12.3. The van der Waals surface area contributed by atoms with Gasteiger partial charge in [0.1, 0.15) is 5.75 Å². The van der Waals surface area contributed by atoms with Crippen LogP contribution in [0.25, 0.3) is 0 Å². The van der Waals surface area contributed by atoms with Gasteiger partial charge in [0.15, 0.2) is 0 Å². The molecule has 2 aromatic rings. The molecule has 0 heterocycles. The number of hydrogen-bond acceptors (Lipinski definition) is 3. The number of ether oxygens (including phenoxy) is 1. The first-order valence-corrected chi connectivity index (χ1v) is 10.2. The summed E-state index contributed by atoms with van der Waals surface area (Å²) in [7, 11) is 0. The first-order valence-electron chi connectivity index (χ1n) is 8.63. The van der Waals surface area contributed by atoms with Crippen molar-refractivity contribution in [1.29, 1.82) is 0 Å². The zero-order valence-electron chi connectivity index (χ0n) is 15.8. The van der Waals surface area contributed by atoms with Crippen LogP contribution in [-0.2, 0) is 10.2 Å². The van der Waals surface area contributed by atoms with E-state index in [0.29, 0.717) is 17.4 Å². The van der Waals surface area contributed by atoms with Crippen molar-refractivity contribution in [3.8, 4) is 5.75 Å². The summed E-state index contributed by atoms with van der Waals surface area (Å²) in [4.78, 5) is 12.0. The maximum atomic E-state index is 12.0. The number of benzene rings is 2. The normalized spacial score (nSPS) is 11.3. The topological polar surface area (TPSA) is 38.3 Å². The molecular formula is C21H26ClNO2S. The number of nitrogens with one attached hydrogen (secondary N) is 1. The van der Waals surface area contributed by atoms with Crippen LogP contribution in [-0.4, -0.2) is 24.0 Å². The van der Waals surface area contributed by atoms with E-state index in [9.17, 15) is 4.79 Å². The highest BCUT2D eigenvalue weighted by molar-refractivity contribution is 7.99. The Morgan fingerprint density at radius 1 is 1.15 bits per heavy atom. The van der Waals surface area contributed by atoms with Gasteiger partial charge in [-0.2, -0.15) is 0 Å². The molecule has 2 rings (SSSR count). The van der Waals surface area contributed by atoms with E-state index in [4.69, 9.17) is 16.3 Å². The summed E-state index contributed by atoms with van der Waals surface area (Å²) in [6, 6.07) is 13.6. The van der Waals surface area contributed by atoms with Gasteiger partial charge in [0.05, 0.1) is 12.4 Å². The minimum absolute atomic E-state index is 0.0186. The molecule has 0 saturated carbocycles. The summed E-state index contributed by atoms with van der Waals surface area (Å²) in [6.45, 7) is 9.07. The molecule has 0 atom stereocenters. The predicted octanol–water partition coefficient (Wildman–Crippen LogP) is 5.70. The standard InChI is InChI=1S/C21H26ClNO2S/c1-15-13-17(22)7-10-19(15)23-20(24)14-26-12-11-25-18-8-5-16(6-9-18)21(2,3)4/h5-10,13H,11-12,14H2,1-4H3,(H,23,24). The van der Waals surface area contributed by atoms with Gasteiger partial charge < -0.3 is 10.1 Å². The Bertz CT molecular complexity index is 739. The Balaban J connectivity index is 1.68. The van der Waals surface area contributed by atoms with Gasteiger partial charge in [0.25, 0.3) is 0 Å². The molecule has 5 heteroatoms. The van der Waals surface area contributed by atoms with E-state index in [0.717, 1.165) is 22.8 Å². The van der Waals surface area contributed by atoms with E-state index in [1.54, 1.807) is 17.8 Å². The van der Waals surface area contributed by atoms with Crippen LogP contribution in [0.1, 0.15) is 31.9 Å². The Morgan fingerprint density at radius 3 is 2.46 bits per heavy atom. The summed E-state index contributed by atoms with van der Waals surface area (Å²) in [5.41, 5.74) is 3.19. The molecule has 3 nitrogen and oxygen atoms in total. The molecule has 140 valence electrons. The predicted molar refractivity (Wildman–Crippen MR) is 113 cm³/mol. The van der Waals surface area contributed by atoms with Crippen LogP contribution in [0.5, 0.6) is 5.75 Å². The van der Waals surface area contributed by atoms with Crippen LogP contribution in [0, 0.1) is 6.92 Å². The lowest BCUT2D eigenvalue weighted by molar-refractivity contribution is -0.113. The lowest BCUT2D eigenvalue weighted by Crippen LogP contribution is -2.16. The van der Waals surface area contributed by atoms with Crippen molar-refractivity contribution in [2.24, 2.45) is 0 Å². The molecule has 0 spiro atoms. The zero-order valence-corrected chi connectivity index (χ0v) is 17.3. The summed E-state index contributed by atoms with van der Waals surface area (Å²) in [5, 5.41) is 3.58. The van der Waals surface area contributed by atoms with Crippen molar-refractivity contribution in [2.45, 2.75) is 33.1 Å². The Hall–Kier alpha value is -1.65. The molecule has 0 radical (unpaired) electrons. The smallest absolute Gasteiger partial charge is 0.234 e. The maximum Gasteiger partial charge on any atom is 0.234 e. The first kappa shape index (κ1) is 20.7. The molecule has 0 aliphatic heterocycles. The lowest BCUT2D eigenvalue weighted by Gasteiger charge is -2.19. The molecule has 0 aliphatic carbocycles. The van der Waals surface area contributed by atoms with E-state index < -0.39 is 0 Å². The number of anilines is 1. The molecule has 2 aromatic carbocycles. The van der Waals surface area contributed by atoms with Crippen LogP contribution < -0.4 is 10.1 Å². The number of thioether (sulfide) groups is 1. The van der Waals surface area contributed by atoms with Gasteiger partial charge in [-0.1, -0.05) is 44.5 Å². The number of halogens is 1. The van der Waals surface area contributed by atoms with Crippen LogP contribution in [0.3, 0.4) is 0 Å². The molecule has 0 saturated heterocycles. The van der Waals surface area contributed by atoms with E-state index in [1.807, 2.05) is 31.2 Å². The maximum absolute atomic E-state index is 12.0. The van der Waals surface area contributed by atoms with Crippen LogP contribution in [0.4, 0.5) is 5.69 Å². The fourth-order valence-electron chi connectivity index (χ4n) is 2.39. The van der Waals surface area contributed by atoms with Crippen LogP contribution in [0.2, 0.25) is 5.02 Å². The molecule has 0 aromatic heterocycles. The third kappa shape index (κ3) is 6.58. The average molecular weight is 392 g/mol. The highest BCUT2D eigenvalue weighted by Crippen LogP contribution is 2.24. The Labute approximate surface area is 165 Å². The van der Waals surface area contributed by atoms with E-state index in [2.05, 4.69) is 38.2 Å². The van der Waals surface area contributed by atoms with Gasteiger partial charge >= 0.3 is 0 Å². The van der Waals surface area contributed by atoms with Gasteiger partial charge in [-0.15, -0.1) is 11.8 Å². The molecule has 0 fully saturated rings. The highest BCUT2D eigenvalue weighted by Gasteiger charge is 2.13. The quantitative estimate of drug-likeness (QED) is 0.615. The van der Waals surface area contributed by atoms with Gasteiger partial charge in [0, 0.05) is 16.5 Å². The van der Waals surface area contributed by atoms with Crippen molar-refractivity contribution in [3.05, 3.63) is 58.6 Å². The monoisotopic (exact) mass is 391 g/mol. The largest absolute Gasteiger partial charge is 0.493 e. The minimum Gasteiger partial charge on any atom is -0.493 e. The Kier molecular flexibility index (Phi) is 7.42. The number of carbonyl (C=O) groups excluding carboxylic acids is 1. The zero-order chi connectivity index (χ0) is 19.2. The second kappa shape index (κ2) is 9.33. The second-order valence-electron chi connectivity index (χ2n) is 7.18. The fraction of sp³-hybridized carbons (Fsp3) is 0.381. The van der Waals surface area contributed by atoms with Gasteiger partial charge in [-0.05, 0) is 53.8 Å². The third-order valence-electron chi connectivity index (χ3n) is 3.91. The average Bonchev–Trinajstić information content (AvgIpc) is 2.57. The summed E-state index contributed by atoms with van der Waals surface area (Å²) < 4.78 is 5.74. The van der Waals surface area contributed by atoms with Crippen LogP contribution >= 0.6 is 23.4 Å². The summed E-state index contributed by atoms with van der Waals surface area (Å²) >= 11 is 7.48. The number of rotatable bonds is 7. The molecule has 1 amide bonds. The molecule has 0 unspecified atom stereocenters. The highest BCUT2D eigenvalue weighted by atomic mass is 35.5.